The zero-order valence-corrected chi connectivity index (χ0v) is 18.9. The summed E-state index contributed by atoms with van der Waals surface area (Å²) in [6, 6.07) is 12.6. The highest BCUT2D eigenvalue weighted by atomic mass is 35.5. The number of carbonyl (C=O) groups is 1. The molecule has 0 saturated heterocycles. The molecule has 2 aromatic carbocycles. The van der Waals surface area contributed by atoms with Crippen LogP contribution in [0.15, 0.2) is 52.9 Å². The summed E-state index contributed by atoms with van der Waals surface area (Å²) in [5.74, 6) is 0.817. The Labute approximate surface area is 188 Å². The number of rotatable bonds is 9. The molecule has 3 aromatic rings. The summed E-state index contributed by atoms with van der Waals surface area (Å²) in [6.45, 7) is 1.76. The Bertz CT molecular complexity index is 1130. The molecule has 12 heteroatoms. The largest absolute Gasteiger partial charge is 0.497 e. The van der Waals surface area contributed by atoms with Gasteiger partial charge in [0.1, 0.15) is 18.1 Å². The Morgan fingerprint density at radius 2 is 1.74 bits per heavy atom. The van der Waals surface area contributed by atoms with E-state index in [0.29, 0.717) is 22.1 Å². The summed E-state index contributed by atoms with van der Waals surface area (Å²) in [6.07, 6.45) is 0. The van der Waals surface area contributed by atoms with Crippen LogP contribution in [0, 0.1) is 0 Å². The molecule has 1 amide bonds. The number of halogens is 1. The first-order valence-corrected chi connectivity index (χ1v) is 11.6. The average molecular weight is 483 g/mol. The van der Waals surface area contributed by atoms with Gasteiger partial charge in [-0.25, -0.2) is 13.1 Å². The molecule has 0 spiro atoms. The fraction of sp³-hybridized carbons (Fsp3) is 0.211. The fourth-order valence-corrected chi connectivity index (χ4v) is 4.65. The fourth-order valence-electron chi connectivity index (χ4n) is 2.38. The van der Waals surface area contributed by atoms with Gasteiger partial charge in [0.2, 0.25) is 9.47 Å². The van der Waals surface area contributed by atoms with Gasteiger partial charge in [-0.2, -0.15) is 0 Å². The van der Waals surface area contributed by atoms with Crippen LogP contribution in [0.2, 0.25) is 5.02 Å². The highest BCUT2D eigenvalue weighted by molar-refractivity contribution is 7.91. The van der Waals surface area contributed by atoms with E-state index in [1.807, 2.05) is 0 Å². The molecule has 0 radical (unpaired) electrons. The number of anilines is 1. The first-order valence-electron chi connectivity index (χ1n) is 8.96. The van der Waals surface area contributed by atoms with E-state index in [1.165, 1.54) is 0 Å². The Balaban J connectivity index is 1.56. The third-order valence-electron chi connectivity index (χ3n) is 3.88. The molecule has 0 fully saturated rings. The highest BCUT2D eigenvalue weighted by Crippen LogP contribution is 2.21. The molecular formula is C19H19ClN4O5S2. The zero-order chi connectivity index (χ0) is 22.4. The second-order valence-corrected chi connectivity index (χ2v) is 9.64. The molecule has 0 saturated carbocycles. The van der Waals surface area contributed by atoms with E-state index in [2.05, 4.69) is 20.2 Å². The molecule has 1 heterocycles. The van der Waals surface area contributed by atoms with E-state index in [0.717, 1.165) is 11.3 Å². The molecule has 1 atom stereocenters. The molecule has 31 heavy (non-hydrogen) atoms. The van der Waals surface area contributed by atoms with Crippen molar-refractivity contribution in [3.05, 3.63) is 59.1 Å². The van der Waals surface area contributed by atoms with E-state index in [9.17, 15) is 13.2 Å². The molecule has 1 aromatic heterocycles. The first kappa shape index (κ1) is 22.9. The number of hydrogen-bond acceptors (Lipinski definition) is 8. The molecular weight excluding hydrogens is 464 g/mol. The summed E-state index contributed by atoms with van der Waals surface area (Å²) >= 11 is 6.54. The topological polar surface area (TPSA) is 120 Å². The second kappa shape index (κ2) is 10.1. The summed E-state index contributed by atoms with van der Waals surface area (Å²) < 4.78 is 37.9. The second-order valence-electron chi connectivity index (χ2n) is 6.34. The number of nitrogens with one attached hydrogen (secondary N) is 2. The number of benzene rings is 2. The number of sulfonamides is 1. The molecule has 0 aliphatic heterocycles. The van der Waals surface area contributed by atoms with Crippen molar-refractivity contribution in [2.45, 2.75) is 17.3 Å². The van der Waals surface area contributed by atoms with Gasteiger partial charge in [0.15, 0.2) is 0 Å². The van der Waals surface area contributed by atoms with E-state index < -0.39 is 22.0 Å². The normalized spacial score (nSPS) is 12.2. The maximum absolute atomic E-state index is 12.5. The quantitative estimate of drug-likeness (QED) is 0.449. The van der Waals surface area contributed by atoms with Crippen LogP contribution in [0.3, 0.4) is 0 Å². The lowest BCUT2D eigenvalue weighted by Crippen LogP contribution is -2.36. The summed E-state index contributed by atoms with van der Waals surface area (Å²) in [7, 11) is -2.37. The van der Waals surface area contributed by atoms with Crippen molar-refractivity contribution in [2.24, 2.45) is 0 Å². The Hall–Kier alpha value is -2.73. The zero-order valence-electron chi connectivity index (χ0n) is 16.5. The number of aromatic nitrogens is 2. The minimum absolute atomic E-state index is 0.0578. The van der Waals surface area contributed by atoms with Crippen molar-refractivity contribution < 1.29 is 22.7 Å². The van der Waals surface area contributed by atoms with Crippen LogP contribution >= 0.6 is 22.9 Å². The minimum atomic E-state index is -3.93. The number of nitrogens with zero attached hydrogens (tertiary/aromatic N) is 2. The van der Waals surface area contributed by atoms with E-state index in [4.69, 9.17) is 21.1 Å². The molecule has 0 bridgehead atoms. The van der Waals surface area contributed by atoms with Crippen LogP contribution in [-0.4, -0.2) is 44.3 Å². The summed E-state index contributed by atoms with van der Waals surface area (Å²) in [5.41, 5.74) is 0.353. The predicted octanol–water partition coefficient (Wildman–Crippen LogP) is 3.20. The lowest BCUT2D eigenvalue weighted by molar-refractivity contribution is 0.102. The average Bonchev–Trinajstić information content (AvgIpc) is 3.22. The van der Waals surface area contributed by atoms with Crippen molar-refractivity contribution in [1.82, 2.24) is 14.9 Å². The van der Waals surface area contributed by atoms with Gasteiger partial charge in [-0.1, -0.05) is 22.9 Å². The van der Waals surface area contributed by atoms with Crippen LogP contribution in [-0.2, 0) is 10.0 Å². The maximum Gasteiger partial charge on any atom is 0.270 e. The number of methoxy groups -OCH3 is 1. The van der Waals surface area contributed by atoms with Gasteiger partial charge < -0.3 is 9.47 Å². The molecule has 0 aliphatic rings. The van der Waals surface area contributed by atoms with Gasteiger partial charge in [0.25, 0.3) is 15.9 Å². The van der Waals surface area contributed by atoms with Gasteiger partial charge >= 0.3 is 0 Å². The van der Waals surface area contributed by atoms with Crippen LogP contribution in [0.25, 0.3) is 0 Å². The SMILES string of the molecule is COc1ccc(OC[C@@H](C)NS(=O)(=O)c2nnc(NC(=O)c3ccc(Cl)cc3)s2)cc1. The molecule has 164 valence electrons. The molecule has 3 rings (SSSR count). The van der Waals surface area contributed by atoms with Crippen LogP contribution in [0.1, 0.15) is 17.3 Å². The standard InChI is InChI=1S/C19H19ClN4O5S2/c1-12(11-29-16-9-7-15(28-2)8-10-16)24-31(26,27)19-23-22-18(30-19)21-17(25)13-3-5-14(20)6-4-13/h3-10,12,24H,11H2,1-2H3,(H,21,22,25)/t12-/m1/s1. The van der Waals surface area contributed by atoms with Gasteiger partial charge in [0.05, 0.1) is 13.2 Å². The third kappa shape index (κ3) is 6.37. The highest BCUT2D eigenvalue weighted by Gasteiger charge is 2.23. The summed E-state index contributed by atoms with van der Waals surface area (Å²) in [5, 5.41) is 10.5. The van der Waals surface area contributed by atoms with Crippen molar-refractivity contribution in [3.8, 4) is 11.5 Å². The lowest BCUT2D eigenvalue weighted by atomic mass is 10.2. The monoisotopic (exact) mass is 482 g/mol. The summed E-state index contributed by atoms with van der Waals surface area (Å²) in [4.78, 5) is 12.2. The van der Waals surface area contributed by atoms with Crippen molar-refractivity contribution in [1.29, 1.82) is 0 Å². The van der Waals surface area contributed by atoms with Crippen molar-refractivity contribution in [3.63, 3.8) is 0 Å². The van der Waals surface area contributed by atoms with E-state index in [-0.39, 0.29) is 16.1 Å². The van der Waals surface area contributed by atoms with Crippen molar-refractivity contribution in [2.75, 3.05) is 19.0 Å². The lowest BCUT2D eigenvalue weighted by Gasteiger charge is -2.14. The van der Waals surface area contributed by atoms with Crippen LogP contribution in [0.5, 0.6) is 11.5 Å². The van der Waals surface area contributed by atoms with E-state index >= 15 is 0 Å². The van der Waals surface area contributed by atoms with Crippen LogP contribution < -0.4 is 19.5 Å². The smallest absolute Gasteiger partial charge is 0.270 e. The molecule has 0 unspecified atom stereocenters. The van der Waals surface area contributed by atoms with Gasteiger partial charge in [-0.3, -0.25) is 10.1 Å². The van der Waals surface area contributed by atoms with Gasteiger partial charge in [-0.05, 0) is 55.5 Å². The Morgan fingerprint density at radius 1 is 1.10 bits per heavy atom. The third-order valence-corrected chi connectivity index (χ3v) is 6.93. The Kier molecular flexibility index (Phi) is 7.44. The maximum atomic E-state index is 12.5. The minimum Gasteiger partial charge on any atom is -0.497 e. The van der Waals surface area contributed by atoms with Gasteiger partial charge in [-0.15, -0.1) is 10.2 Å². The number of hydrogen-bond donors (Lipinski definition) is 2. The number of carbonyl (C=O) groups excluding carboxylic acids is 1. The number of amides is 1. The molecule has 2 N–H and O–H groups in total. The predicted molar refractivity (Wildman–Crippen MR) is 118 cm³/mol. The number of ether oxygens (including phenoxy) is 2. The molecule has 9 nitrogen and oxygen atoms in total. The molecule has 0 aliphatic carbocycles. The van der Waals surface area contributed by atoms with Crippen LogP contribution in [0.4, 0.5) is 5.13 Å². The van der Waals surface area contributed by atoms with Gasteiger partial charge in [0, 0.05) is 10.6 Å². The van der Waals surface area contributed by atoms with E-state index in [1.54, 1.807) is 62.6 Å². The Morgan fingerprint density at radius 3 is 2.39 bits per heavy atom. The first-order chi connectivity index (χ1) is 14.8. The van der Waals surface area contributed by atoms with Crippen molar-refractivity contribution >= 4 is 44.0 Å².